The zero-order chi connectivity index (χ0) is 35.3. The monoisotopic (exact) mass is 707 g/mol. The Labute approximate surface area is 299 Å². The van der Waals surface area contributed by atoms with Crippen LogP contribution < -0.4 is 19.5 Å². The molecule has 0 radical (unpaired) electrons. The molecule has 0 spiro atoms. The lowest BCUT2D eigenvalue weighted by atomic mass is 10.2. The molecule has 268 valence electrons. The summed E-state index contributed by atoms with van der Waals surface area (Å²) in [5.74, 6) is -0.227. The number of hydrogen-bond acceptors (Lipinski definition) is 9. The molecule has 3 aromatic carbocycles. The van der Waals surface area contributed by atoms with Gasteiger partial charge in [-0.1, -0.05) is 32.2 Å². The van der Waals surface area contributed by atoms with Gasteiger partial charge in [-0.2, -0.15) is 0 Å². The maximum Gasteiger partial charge on any atom is 0.343 e. The topological polar surface area (TPSA) is 126 Å². The van der Waals surface area contributed by atoms with Crippen LogP contribution in [-0.2, 0) is 19.1 Å². The molecule has 0 bridgehead atoms. The first-order chi connectivity index (χ1) is 23.8. The molecule has 10 nitrogen and oxygen atoms in total. The van der Waals surface area contributed by atoms with Crippen molar-refractivity contribution in [1.29, 1.82) is 0 Å². The molecule has 0 aromatic heterocycles. The number of rotatable bonds is 22. The zero-order valence-electron chi connectivity index (χ0n) is 27.5. The fraction of sp³-hybridized carbons (Fsp3) is 0.333. The van der Waals surface area contributed by atoms with E-state index in [1.54, 1.807) is 60.7 Å². The van der Waals surface area contributed by atoms with Gasteiger partial charge < -0.3 is 29.0 Å². The molecule has 1 N–H and O–H groups in total. The van der Waals surface area contributed by atoms with Crippen LogP contribution in [0.1, 0.15) is 79.5 Å². The van der Waals surface area contributed by atoms with Crippen molar-refractivity contribution in [3.63, 3.8) is 0 Å². The third kappa shape index (κ3) is 15.4. The number of anilines is 1. The van der Waals surface area contributed by atoms with Crippen molar-refractivity contribution in [3.8, 4) is 17.2 Å². The van der Waals surface area contributed by atoms with E-state index in [-0.39, 0.29) is 24.1 Å². The van der Waals surface area contributed by atoms with Crippen molar-refractivity contribution in [2.24, 2.45) is 0 Å². The van der Waals surface area contributed by atoms with Gasteiger partial charge in [-0.05, 0) is 112 Å². The number of hydrogen-bond donors (Lipinski definition) is 1. The van der Waals surface area contributed by atoms with E-state index in [0.29, 0.717) is 54.7 Å². The van der Waals surface area contributed by atoms with Crippen LogP contribution in [0, 0.1) is 0 Å². The minimum atomic E-state index is -0.564. The summed E-state index contributed by atoms with van der Waals surface area (Å²) in [5, 5.41) is 2.97. The molecule has 0 saturated heterocycles. The van der Waals surface area contributed by atoms with Crippen molar-refractivity contribution in [3.05, 3.63) is 108 Å². The van der Waals surface area contributed by atoms with Crippen molar-refractivity contribution in [2.75, 3.05) is 31.7 Å². The van der Waals surface area contributed by atoms with Gasteiger partial charge in [-0.15, -0.1) is 0 Å². The van der Waals surface area contributed by atoms with Crippen LogP contribution >= 0.6 is 11.6 Å². The van der Waals surface area contributed by atoms with Crippen LogP contribution in [0.15, 0.2) is 92.0 Å². The van der Waals surface area contributed by atoms with Crippen LogP contribution in [-0.4, -0.2) is 50.2 Å². The molecule has 50 heavy (non-hydrogen) atoms. The summed E-state index contributed by atoms with van der Waals surface area (Å²) >= 11 is 6.39. The average Bonchev–Trinajstić information content (AvgIpc) is 3.11. The normalized spacial score (nSPS) is 10.2. The van der Waals surface area contributed by atoms with E-state index in [2.05, 4.69) is 18.5 Å². The third-order valence-electron chi connectivity index (χ3n) is 7.04. The van der Waals surface area contributed by atoms with Crippen molar-refractivity contribution in [1.82, 2.24) is 0 Å². The SMILES string of the molecule is C.C=CC(=O)OCCCCCCOc1ccc(C(=O)Nc2ccc(OC(=O)c3ccc(OCCCCCCOC(=O)C=C)cc3)cc2Cl)cc1. The number of esters is 3. The fourth-order valence-electron chi connectivity index (χ4n) is 4.37. The fourth-order valence-corrected chi connectivity index (χ4v) is 4.59. The Balaban J connectivity index is 0.00000867. The van der Waals surface area contributed by atoms with Gasteiger partial charge in [0.15, 0.2) is 0 Å². The summed E-state index contributed by atoms with van der Waals surface area (Å²) in [6.07, 6.45) is 9.29. The average molecular weight is 708 g/mol. The molecule has 3 rings (SSSR count). The third-order valence-corrected chi connectivity index (χ3v) is 7.36. The smallest absolute Gasteiger partial charge is 0.343 e. The van der Waals surface area contributed by atoms with Crippen LogP contribution in [0.4, 0.5) is 5.69 Å². The summed E-state index contributed by atoms with van der Waals surface area (Å²) in [6.45, 7) is 8.54. The number of unbranched alkanes of at least 4 members (excludes halogenated alkanes) is 6. The van der Waals surface area contributed by atoms with Gasteiger partial charge in [0.05, 0.1) is 42.7 Å². The Morgan fingerprint density at radius 3 is 1.50 bits per heavy atom. The number of halogens is 1. The Kier molecular flexibility index (Phi) is 19.1. The number of nitrogens with one attached hydrogen (secondary N) is 1. The summed E-state index contributed by atoms with van der Waals surface area (Å²) < 4.78 is 26.9. The van der Waals surface area contributed by atoms with Crippen molar-refractivity contribution < 1.29 is 42.9 Å². The van der Waals surface area contributed by atoms with E-state index in [0.717, 1.165) is 63.5 Å². The Hall–Kier alpha value is -5.09. The van der Waals surface area contributed by atoms with Crippen LogP contribution in [0.25, 0.3) is 0 Å². The molecule has 11 heteroatoms. The van der Waals surface area contributed by atoms with Gasteiger partial charge in [-0.25, -0.2) is 14.4 Å². The van der Waals surface area contributed by atoms with E-state index >= 15 is 0 Å². The molecular formula is C39H46ClNO9. The minimum absolute atomic E-state index is 0. The van der Waals surface area contributed by atoms with Gasteiger partial charge >= 0.3 is 17.9 Å². The molecular weight excluding hydrogens is 662 g/mol. The first kappa shape index (κ1) is 41.1. The molecule has 0 aliphatic rings. The van der Waals surface area contributed by atoms with Gasteiger partial charge in [-0.3, -0.25) is 4.79 Å². The lowest BCUT2D eigenvalue weighted by molar-refractivity contribution is -0.138. The molecule has 1 amide bonds. The van der Waals surface area contributed by atoms with Crippen LogP contribution in [0.3, 0.4) is 0 Å². The standard InChI is InChI=1S/C38H42ClNO9.CH4/c1-3-35(41)47-25-11-7-5-9-23-45-30-17-13-28(14-18-30)37(43)40-34-22-21-32(27-33(34)39)49-38(44)29-15-19-31(20-16-29)46-24-10-6-8-12-26-48-36(42)4-2;/h3-4,13-22,27H,1-2,5-12,23-26H2,(H,40,43);1H4. The highest BCUT2D eigenvalue weighted by molar-refractivity contribution is 6.34. The van der Waals surface area contributed by atoms with Crippen molar-refractivity contribution in [2.45, 2.75) is 58.8 Å². The van der Waals surface area contributed by atoms with E-state index in [4.69, 9.17) is 35.3 Å². The predicted molar refractivity (Wildman–Crippen MR) is 194 cm³/mol. The van der Waals surface area contributed by atoms with Crippen LogP contribution in [0.5, 0.6) is 17.2 Å². The Morgan fingerprint density at radius 2 is 1.04 bits per heavy atom. The molecule has 0 aliphatic carbocycles. The number of carbonyl (C=O) groups excluding carboxylic acids is 4. The first-order valence-corrected chi connectivity index (χ1v) is 16.5. The summed E-state index contributed by atoms with van der Waals surface area (Å²) in [4.78, 5) is 47.5. The molecule has 3 aromatic rings. The highest BCUT2D eigenvalue weighted by Gasteiger charge is 2.13. The molecule has 0 aliphatic heterocycles. The van der Waals surface area contributed by atoms with Gasteiger partial charge in [0.1, 0.15) is 17.2 Å². The second-order valence-electron chi connectivity index (χ2n) is 10.8. The first-order valence-electron chi connectivity index (χ1n) is 16.2. The van der Waals surface area contributed by atoms with Gasteiger partial charge in [0, 0.05) is 23.8 Å². The van der Waals surface area contributed by atoms with Gasteiger partial charge in [0.25, 0.3) is 5.91 Å². The molecule has 0 heterocycles. The number of benzene rings is 3. The van der Waals surface area contributed by atoms with Crippen LogP contribution in [0.2, 0.25) is 5.02 Å². The molecule has 0 unspecified atom stereocenters. The van der Waals surface area contributed by atoms with E-state index < -0.39 is 17.9 Å². The van der Waals surface area contributed by atoms with E-state index in [1.165, 1.54) is 6.07 Å². The summed E-state index contributed by atoms with van der Waals surface area (Å²) in [5.41, 5.74) is 1.12. The molecule has 0 saturated carbocycles. The number of carbonyl (C=O) groups is 4. The Bertz CT molecular complexity index is 1540. The predicted octanol–water partition coefficient (Wildman–Crippen LogP) is 8.78. The van der Waals surface area contributed by atoms with E-state index in [1.807, 2.05) is 0 Å². The summed E-state index contributed by atoms with van der Waals surface area (Å²) in [6, 6.07) is 18.0. The number of ether oxygens (including phenoxy) is 5. The van der Waals surface area contributed by atoms with Gasteiger partial charge in [0.2, 0.25) is 0 Å². The largest absolute Gasteiger partial charge is 0.494 e. The second-order valence-corrected chi connectivity index (χ2v) is 11.2. The molecule has 0 atom stereocenters. The molecule has 0 fully saturated rings. The number of amides is 1. The quantitative estimate of drug-likeness (QED) is 0.0472. The Morgan fingerprint density at radius 1 is 0.600 bits per heavy atom. The highest BCUT2D eigenvalue weighted by Crippen LogP contribution is 2.28. The maximum absolute atomic E-state index is 12.8. The zero-order valence-corrected chi connectivity index (χ0v) is 28.2. The second kappa shape index (κ2) is 23.3. The highest BCUT2D eigenvalue weighted by atomic mass is 35.5. The minimum Gasteiger partial charge on any atom is -0.494 e. The van der Waals surface area contributed by atoms with Crippen molar-refractivity contribution >= 4 is 41.1 Å². The summed E-state index contributed by atoms with van der Waals surface area (Å²) in [7, 11) is 0. The lowest BCUT2D eigenvalue weighted by Gasteiger charge is -2.11. The van der Waals surface area contributed by atoms with E-state index in [9.17, 15) is 19.2 Å². The lowest BCUT2D eigenvalue weighted by Crippen LogP contribution is -2.12. The maximum atomic E-state index is 12.8.